The van der Waals surface area contributed by atoms with E-state index in [4.69, 9.17) is 4.74 Å². The van der Waals surface area contributed by atoms with Crippen molar-refractivity contribution < 1.29 is 14.3 Å². The van der Waals surface area contributed by atoms with Crippen LogP contribution in [-0.4, -0.2) is 17.8 Å². The third-order valence-electron chi connectivity index (χ3n) is 3.54. The summed E-state index contributed by atoms with van der Waals surface area (Å²) >= 11 is 2.84. The van der Waals surface area contributed by atoms with E-state index >= 15 is 0 Å². The van der Waals surface area contributed by atoms with E-state index in [1.807, 2.05) is 43.5 Å². The van der Waals surface area contributed by atoms with Crippen LogP contribution in [0.15, 0.2) is 53.9 Å². The van der Waals surface area contributed by atoms with Crippen LogP contribution >= 0.6 is 22.7 Å². The molecule has 2 heterocycles. The van der Waals surface area contributed by atoms with Gasteiger partial charge in [0.25, 0.3) is 5.91 Å². The van der Waals surface area contributed by atoms with Gasteiger partial charge >= 0.3 is 0 Å². The van der Waals surface area contributed by atoms with Crippen LogP contribution in [0.3, 0.4) is 0 Å². The number of benzene rings is 1. The van der Waals surface area contributed by atoms with Crippen LogP contribution in [0.25, 0.3) is 0 Å². The SMILES string of the molecule is CC(C)Oc1ccc(C(=O)NCc2ccc(C(=O)c3cccs3)s2)cc1. The van der Waals surface area contributed by atoms with E-state index in [2.05, 4.69) is 5.32 Å². The molecular weight excluding hydrogens is 366 g/mol. The fourth-order valence-electron chi connectivity index (χ4n) is 2.35. The normalized spacial score (nSPS) is 10.7. The number of thiophene rings is 2. The second kappa shape index (κ2) is 8.29. The second-order valence-electron chi connectivity index (χ2n) is 5.95. The summed E-state index contributed by atoms with van der Waals surface area (Å²) in [4.78, 5) is 26.9. The Morgan fingerprint density at radius 2 is 1.81 bits per heavy atom. The highest BCUT2D eigenvalue weighted by molar-refractivity contribution is 7.16. The Bertz CT molecular complexity index is 880. The summed E-state index contributed by atoms with van der Waals surface area (Å²) in [6.07, 6.45) is 0.0968. The van der Waals surface area contributed by atoms with Crippen molar-refractivity contribution in [1.82, 2.24) is 5.32 Å². The summed E-state index contributed by atoms with van der Waals surface area (Å²) in [5.74, 6) is 0.621. The molecule has 0 atom stereocenters. The highest BCUT2D eigenvalue weighted by atomic mass is 32.1. The molecule has 0 fully saturated rings. The molecule has 2 aromatic heterocycles. The van der Waals surface area contributed by atoms with E-state index in [-0.39, 0.29) is 17.8 Å². The number of hydrogen-bond donors (Lipinski definition) is 1. The van der Waals surface area contributed by atoms with Gasteiger partial charge < -0.3 is 10.1 Å². The Balaban J connectivity index is 1.57. The fourth-order valence-corrected chi connectivity index (χ4v) is 3.99. The van der Waals surface area contributed by atoms with Crippen LogP contribution in [0.2, 0.25) is 0 Å². The lowest BCUT2D eigenvalue weighted by atomic mass is 10.2. The molecule has 0 saturated heterocycles. The molecule has 0 radical (unpaired) electrons. The number of carbonyl (C=O) groups is 2. The topological polar surface area (TPSA) is 55.4 Å². The second-order valence-corrected chi connectivity index (χ2v) is 8.06. The third kappa shape index (κ3) is 4.59. The van der Waals surface area contributed by atoms with E-state index in [0.717, 1.165) is 15.5 Å². The maximum atomic E-state index is 12.3. The van der Waals surface area contributed by atoms with Crippen molar-refractivity contribution in [2.75, 3.05) is 0 Å². The number of amides is 1. The average molecular weight is 386 g/mol. The average Bonchev–Trinajstić information content (AvgIpc) is 3.31. The zero-order chi connectivity index (χ0) is 18.5. The first kappa shape index (κ1) is 18.4. The Labute approximate surface area is 160 Å². The molecular formula is C20H19NO3S2. The molecule has 6 heteroatoms. The van der Waals surface area contributed by atoms with Gasteiger partial charge in [0.15, 0.2) is 0 Å². The van der Waals surface area contributed by atoms with Crippen molar-refractivity contribution in [3.8, 4) is 5.75 Å². The molecule has 26 heavy (non-hydrogen) atoms. The quantitative estimate of drug-likeness (QED) is 0.597. The number of carbonyl (C=O) groups excluding carboxylic acids is 2. The van der Waals surface area contributed by atoms with Crippen LogP contribution in [0.4, 0.5) is 0 Å². The Morgan fingerprint density at radius 1 is 1.04 bits per heavy atom. The van der Waals surface area contributed by atoms with Gasteiger partial charge in [-0.25, -0.2) is 0 Å². The van der Waals surface area contributed by atoms with E-state index in [0.29, 0.717) is 17.0 Å². The lowest BCUT2D eigenvalue weighted by Gasteiger charge is -2.10. The smallest absolute Gasteiger partial charge is 0.251 e. The van der Waals surface area contributed by atoms with Crippen LogP contribution in [-0.2, 0) is 6.54 Å². The van der Waals surface area contributed by atoms with Gasteiger partial charge in [0, 0.05) is 10.4 Å². The molecule has 0 bridgehead atoms. The van der Waals surface area contributed by atoms with E-state index in [1.54, 1.807) is 24.3 Å². The van der Waals surface area contributed by atoms with Gasteiger partial charge in [0.05, 0.1) is 22.4 Å². The molecule has 1 amide bonds. The molecule has 0 spiro atoms. The van der Waals surface area contributed by atoms with E-state index in [1.165, 1.54) is 22.7 Å². The third-order valence-corrected chi connectivity index (χ3v) is 5.49. The molecule has 0 aliphatic heterocycles. The van der Waals surface area contributed by atoms with Crippen LogP contribution in [0, 0.1) is 0 Å². The molecule has 0 unspecified atom stereocenters. The van der Waals surface area contributed by atoms with Crippen molar-refractivity contribution in [3.63, 3.8) is 0 Å². The summed E-state index contributed by atoms with van der Waals surface area (Å²) in [7, 11) is 0. The van der Waals surface area contributed by atoms with Gasteiger partial charge in [-0.3, -0.25) is 9.59 Å². The zero-order valence-electron chi connectivity index (χ0n) is 14.5. The highest BCUT2D eigenvalue weighted by Gasteiger charge is 2.13. The molecule has 1 N–H and O–H groups in total. The lowest BCUT2D eigenvalue weighted by Crippen LogP contribution is -2.22. The zero-order valence-corrected chi connectivity index (χ0v) is 16.2. The van der Waals surface area contributed by atoms with Crippen molar-refractivity contribution in [3.05, 3.63) is 74.1 Å². The molecule has 1 aromatic carbocycles. The number of hydrogen-bond acceptors (Lipinski definition) is 5. The molecule has 0 aliphatic carbocycles. The van der Waals surface area contributed by atoms with E-state index < -0.39 is 0 Å². The van der Waals surface area contributed by atoms with Crippen molar-refractivity contribution in [1.29, 1.82) is 0 Å². The molecule has 0 aliphatic rings. The first-order valence-corrected chi connectivity index (χ1v) is 9.94. The number of ether oxygens (including phenoxy) is 1. The summed E-state index contributed by atoms with van der Waals surface area (Å²) in [6.45, 7) is 4.31. The first-order chi connectivity index (χ1) is 12.5. The van der Waals surface area contributed by atoms with Gasteiger partial charge in [-0.05, 0) is 61.7 Å². The van der Waals surface area contributed by atoms with E-state index in [9.17, 15) is 9.59 Å². The maximum absolute atomic E-state index is 12.3. The van der Waals surface area contributed by atoms with Gasteiger partial charge in [-0.2, -0.15) is 0 Å². The monoisotopic (exact) mass is 385 g/mol. The predicted octanol–water partition coefficient (Wildman–Crippen LogP) is 4.76. The standard InChI is InChI=1S/C20H19NO3S2/c1-13(2)24-15-7-5-14(6-8-15)20(23)21-12-16-9-10-18(26-16)19(22)17-4-3-11-25-17/h3-11,13H,12H2,1-2H3,(H,21,23). The van der Waals surface area contributed by atoms with Crippen LogP contribution < -0.4 is 10.1 Å². The largest absolute Gasteiger partial charge is 0.491 e. The minimum Gasteiger partial charge on any atom is -0.491 e. The van der Waals surface area contributed by atoms with Gasteiger partial charge in [0.2, 0.25) is 5.78 Å². The van der Waals surface area contributed by atoms with Gasteiger partial charge in [-0.1, -0.05) is 6.07 Å². The summed E-state index contributed by atoms with van der Waals surface area (Å²) in [5, 5.41) is 4.77. The Morgan fingerprint density at radius 3 is 2.46 bits per heavy atom. The van der Waals surface area contributed by atoms with Gasteiger partial charge in [-0.15, -0.1) is 22.7 Å². The number of rotatable bonds is 7. The van der Waals surface area contributed by atoms with Crippen molar-refractivity contribution in [2.45, 2.75) is 26.5 Å². The summed E-state index contributed by atoms with van der Waals surface area (Å²) in [6, 6.07) is 14.4. The van der Waals surface area contributed by atoms with Crippen molar-refractivity contribution >= 4 is 34.4 Å². The van der Waals surface area contributed by atoms with Crippen LogP contribution in [0.1, 0.15) is 43.6 Å². The fraction of sp³-hybridized carbons (Fsp3) is 0.200. The predicted molar refractivity (Wildman–Crippen MR) is 105 cm³/mol. The number of ketones is 1. The van der Waals surface area contributed by atoms with Crippen molar-refractivity contribution in [2.24, 2.45) is 0 Å². The number of nitrogens with one attached hydrogen (secondary N) is 1. The molecule has 134 valence electrons. The maximum Gasteiger partial charge on any atom is 0.251 e. The molecule has 0 saturated carbocycles. The first-order valence-electron chi connectivity index (χ1n) is 8.25. The minimum atomic E-state index is -0.152. The Kier molecular flexibility index (Phi) is 5.85. The molecule has 3 rings (SSSR count). The summed E-state index contributed by atoms with van der Waals surface area (Å²) < 4.78 is 5.57. The lowest BCUT2D eigenvalue weighted by molar-refractivity contribution is 0.0950. The van der Waals surface area contributed by atoms with Gasteiger partial charge in [0.1, 0.15) is 5.75 Å². The Hall–Kier alpha value is -2.44. The van der Waals surface area contributed by atoms with Crippen LogP contribution in [0.5, 0.6) is 5.75 Å². The molecule has 3 aromatic rings. The highest BCUT2D eigenvalue weighted by Crippen LogP contribution is 2.22. The molecule has 4 nitrogen and oxygen atoms in total. The summed E-state index contributed by atoms with van der Waals surface area (Å²) in [5.41, 5.74) is 0.576. The minimum absolute atomic E-state index is 0.0308.